The van der Waals surface area contributed by atoms with Gasteiger partial charge in [0.1, 0.15) is 0 Å². The van der Waals surface area contributed by atoms with Crippen LogP contribution in [0.15, 0.2) is 18.5 Å². The van der Waals surface area contributed by atoms with Gasteiger partial charge < -0.3 is 0 Å². The maximum Gasteiger partial charge on any atom is 0.0489 e. The van der Waals surface area contributed by atoms with Gasteiger partial charge in [-0.1, -0.05) is 33.1 Å². The number of unbranched alkanes of at least 4 members (excludes halogenated alkanes) is 3. The molecular weight excluding hydrogens is 172 g/mol. The lowest BCUT2D eigenvalue weighted by molar-refractivity contribution is 0.408. The molecule has 1 rings (SSSR count). The maximum atomic E-state index is 4.21. The molecule has 1 aromatic heterocycles. The fraction of sp³-hybridized carbons (Fsp3) is 0.667. The maximum absolute atomic E-state index is 4.21. The van der Waals surface area contributed by atoms with Gasteiger partial charge >= 0.3 is 0 Å². The molecule has 2 heteroatoms. The number of rotatable bonds is 7. The van der Waals surface area contributed by atoms with Crippen LogP contribution in [0, 0.1) is 12.3 Å². The second-order valence-electron chi connectivity index (χ2n) is 4.03. The van der Waals surface area contributed by atoms with E-state index in [2.05, 4.69) is 25.4 Å². The minimum atomic E-state index is 0.742. The fourth-order valence-corrected chi connectivity index (χ4v) is 1.66. The third-order valence-electron chi connectivity index (χ3n) is 2.50. The molecule has 0 aliphatic rings. The average molecular weight is 193 g/mol. The summed E-state index contributed by atoms with van der Waals surface area (Å²) in [6, 6.07) is 1.98. The van der Waals surface area contributed by atoms with Crippen LogP contribution >= 0.6 is 0 Å². The Kier molecular flexibility index (Phi) is 5.35. The summed E-state index contributed by atoms with van der Waals surface area (Å²) in [5, 5.41) is 4.21. The Morgan fingerprint density at radius 2 is 2.29 bits per heavy atom. The molecule has 0 aliphatic heterocycles. The highest BCUT2D eigenvalue weighted by atomic mass is 15.3. The zero-order valence-corrected chi connectivity index (χ0v) is 9.32. The molecule has 0 aliphatic carbocycles. The summed E-state index contributed by atoms with van der Waals surface area (Å²) in [6.07, 6.45) is 11.4. The van der Waals surface area contributed by atoms with Gasteiger partial charge in [0, 0.05) is 18.9 Å². The summed E-state index contributed by atoms with van der Waals surface area (Å²) >= 11 is 0. The lowest BCUT2D eigenvalue weighted by atomic mass is 10.0. The highest BCUT2D eigenvalue weighted by Gasteiger charge is 2.02. The summed E-state index contributed by atoms with van der Waals surface area (Å²) in [5.74, 6) is 0.742. The van der Waals surface area contributed by atoms with E-state index in [-0.39, 0.29) is 0 Å². The topological polar surface area (TPSA) is 17.8 Å². The van der Waals surface area contributed by atoms with E-state index in [0.29, 0.717) is 0 Å². The van der Waals surface area contributed by atoms with Crippen molar-refractivity contribution in [1.29, 1.82) is 0 Å². The molecule has 0 saturated carbocycles. The van der Waals surface area contributed by atoms with E-state index in [1.54, 1.807) is 0 Å². The lowest BCUT2D eigenvalue weighted by Gasteiger charge is -2.10. The van der Waals surface area contributed by atoms with Crippen LogP contribution in [0.5, 0.6) is 0 Å². The SMILES string of the molecule is C[CH]CCCCC(C)Cn1cccn1. The Morgan fingerprint density at radius 1 is 1.43 bits per heavy atom. The molecule has 1 heterocycles. The lowest BCUT2D eigenvalue weighted by Crippen LogP contribution is -2.07. The van der Waals surface area contributed by atoms with Gasteiger partial charge in [-0.15, -0.1) is 0 Å². The Bertz CT molecular complexity index is 216. The molecule has 0 amide bonds. The molecule has 0 saturated heterocycles. The van der Waals surface area contributed by atoms with Crippen molar-refractivity contribution in [2.24, 2.45) is 5.92 Å². The van der Waals surface area contributed by atoms with Gasteiger partial charge in [0.2, 0.25) is 0 Å². The average Bonchev–Trinajstić information content (AvgIpc) is 2.65. The van der Waals surface area contributed by atoms with Crippen molar-refractivity contribution < 1.29 is 0 Å². The first-order valence-corrected chi connectivity index (χ1v) is 5.58. The molecule has 1 atom stereocenters. The monoisotopic (exact) mass is 193 g/mol. The molecule has 1 radical (unpaired) electrons. The van der Waals surface area contributed by atoms with Crippen LogP contribution in [0.4, 0.5) is 0 Å². The number of hydrogen-bond acceptors (Lipinski definition) is 1. The van der Waals surface area contributed by atoms with Crippen LogP contribution in [-0.4, -0.2) is 9.78 Å². The van der Waals surface area contributed by atoms with Gasteiger partial charge in [0.05, 0.1) is 0 Å². The Morgan fingerprint density at radius 3 is 2.93 bits per heavy atom. The quantitative estimate of drug-likeness (QED) is 0.607. The molecule has 0 bridgehead atoms. The molecule has 1 aromatic rings. The van der Waals surface area contributed by atoms with Crippen molar-refractivity contribution in [2.75, 3.05) is 0 Å². The fourth-order valence-electron chi connectivity index (χ4n) is 1.66. The first-order valence-electron chi connectivity index (χ1n) is 5.58. The van der Waals surface area contributed by atoms with E-state index >= 15 is 0 Å². The predicted molar refractivity (Wildman–Crippen MR) is 59.8 cm³/mol. The van der Waals surface area contributed by atoms with Crippen molar-refractivity contribution in [1.82, 2.24) is 9.78 Å². The number of aromatic nitrogens is 2. The minimum absolute atomic E-state index is 0.742. The van der Waals surface area contributed by atoms with E-state index in [9.17, 15) is 0 Å². The molecule has 0 fully saturated rings. The van der Waals surface area contributed by atoms with Crippen molar-refractivity contribution in [3.8, 4) is 0 Å². The largest absolute Gasteiger partial charge is 0.272 e. The molecule has 0 aromatic carbocycles. The van der Waals surface area contributed by atoms with Crippen LogP contribution in [0.2, 0.25) is 0 Å². The zero-order valence-electron chi connectivity index (χ0n) is 9.32. The molecular formula is C12H21N2. The summed E-state index contributed by atoms with van der Waals surface area (Å²) in [6.45, 7) is 5.49. The normalized spacial score (nSPS) is 13.0. The van der Waals surface area contributed by atoms with Gasteiger partial charge in [-0.3, -0.25) is 4.68 Å². The standard InChI is InChI=1S/C12H21N2/c1-3-4-5-6-8-12(2)11-14-10-7-9-13-14/h3,7,9-10,12H,4-6,8,11H2,1-2H3. The second kappa shape index (κ2) is 6.63. The molecule has 0 spiro atoms. The highest BCUT2D eigenvalue weighted by molar-refractivity contribution is 4.78. The molecule has 2 nitrogen and oxygen atoms in total. The summed E-state index contributed by atoms with van der Waals surface area (Å²) in [7, 11) is 0. The van der Waals surface area contributed by atoms with Gasteiger partial charge in [0.15, 0.2) is 0 Å². The van der Waals surface area contributed by atoms with Gasteiger partial charge in [0.25, 0.3) is 0 Å². The van der Waals surface area contributed by atoms with E-state index in [0.717, 1.165) is 12.5 Å². The van der Waals surface area contributed by atoms with Crippen LogP contribution in [0.25, 0.3) is 0 Å². The summed E-state index contributed by atoms with van der Waals surface area (Å²) in [4.78, 5) is 0. The summed E-state index contributed by atoms with van der Waals surface area (Å²) in [5.41, 5.74) is 0. The third kappa shape index (κ3) is 4.45. The zero-order chi connectivity index (χ0) is 10.2. The highest BCUT2D eigenvalue weighted by Crippen LogP contribution is 2.11. The van der Waals surface area contributed by atoms with Crippen molar-refractivity contribution in [3.05, 3.63) is 24.9 Å². The van der Waals surface area contributed by atoms with Gasteiger partial charge in [-0.2, -0.15) is 5.10 Å². The first-order chi connectivity index (χ1) is 6.83. The molecule has 1 unspecified atom stereocenters. The van der Waals surface area contributed by atoms with Crippen molar-refractivity contribution in [3.63, 3.8) is 0 Å². The molecule has 0 N–H and O–H groups in total. The van der Waals surface area contributed by atoms with Gasteiger partial charge in [-0.05, 0) is 24.8 Å². The van der Waals surface area contributed by atoms with E-state index < -0.39 is 0 Å². The van der Waals surface area contributed by atoms with E-state index in [1.807, 2.05) is 23.1 Å². The van der Waals surface area contributed by atoms with Crippen LogP contribution < -0.4 is 0 Å². The van der Waals surface area contributed by atoms with Crippen molar-refractivity contribution in [2.45, 2.75) is 46.1 Å². The van der Waals surface area contributed by atoms with E-state index in [1.165, 1.54) is 25.7 Å². The predicted octanol–water partition coefficient (Wildman–Crippen LogP) is 3.30. The minimum Gasteiger partial charge on any atom is -0.272 e. The van der Waals surface area contributed by atoms with Crippen LogP contribution in [-0.2, 0) is 6.54 Å². The van der Waals surface area contributed by atoms with Crippen molar-refractivity contribution >= 4 is 0 Å². The van der Waals surface area contributed by atoms with Crippen LogP contribution in [0.1, 0.15) is 39.5 Å². The van der Waals surface area contributed by atoms with Gasteiger partial charge in [-0.25, -0.2) is 0 Å². The number of hydrogen-bond donors (Lipinski definition) is 0. The van der Waals surface area contributed by atoms with E-state index in [4.69, 9.17) is 0 Å². The summed E-state index contributed by atoms with van der Waals surface area (Å²) < 4.78 is 2.02. The third-order valence-corrected chi connectivity index (χ3v) is 2.50. The Hall–Kier alpha value is -0.790. The Balaban J connectivity index is 2.07. The first kappa shape index (κ1) is 11.3. The molecule has 79 valence electrons. The molecule has 14 heavy (non-hydrogen) atoms. The van der Waals surface area contributed by atoms with Crippen LogP contribution in [0.3, 0.4) is 0 Å². The second-order valence-corrected chi connectivity index (χ2v) is 4.03. The Labute approximate surface area is 87.3 Å². The smallest absolute Gasteiger partial charge is 0.0489 e. The number of nitrogens with zero attached hydrogens (tertiary/aromatic N) is 2.